The molecule has 2 nitrogen and oxygen atoms in total. The highest BCUT2D eigenvalue weighted by atomic mass is 32.1. The zero-order chi connectivity index (χ0) is 11.2. The van der Waals surface area contributed by atoms with Gasteiger partial charge in [0.2, 0.25) is 0 Å². The quantitative estimate of drug-likeness (QED) is 0.802. The molecule has 0 radical (unpaired) electrons. The molecule has 1 N–H and O–H groups in total. The van der Waals surface area contributed by atoms with Crippen LogP contribution in [0.5, 0.6) is 0 Å². The minimum absolute atomic E-state index is 0.158. The summed E-state index contributed by atoms with van der Waals surface area (Å²) in [7, 11) is 0. The van der Waals surface area contributed by atoms with Crippen molar-refractivity contribution < 1.29 is 4.79 Å². The number of rotatable bonds is 5. The second kappa shape index (κ2) is 5.58. The van der Waals surface area contributed by atoms with Crippen molar-refractivity contribution in [3.05, 3.63) is 58.3 Å². The molecule has 0 atom stereocenters. The fourth-order valence-electron chi connectivity index (χ4n) is 1.44. The van der Waals surface area contributed by atoms with Gasteiger partial charge in [-0.2, -0.15) is 0 Å². The molecule has 0 saturated carbocycles. The van der Waals surface area contributed by atoms with E-state index in [1.165, 1.54) is 16.9 Å². The van der Waals surface area contributed by atoms with Gasteiger partial charge in [0.25, 0.3) is 0 Å². The summed E-state index contributed by atoms with van der Waals surface area (Å²) in [5.41, 5.74) is 1.20. The second-order valence-corrected chi connectivity index (χ2v) is 4.44. The summed E-state index contributed by atoms with van der Waals surface area (Å²) in [5.74, 6) is 0.158. The lowest BCUT2D eigenvalue weighted by Gasteiger charge is -2.02. The smallest absolute Gasteiger partial charge is 0.186 e. The standard InChI is InChI=1S/C13H13NOS/c15-12(13-7-4-8-16-13)10-14-9-11-5-2-1-3-6-11/h1-8,14H,9-10H2. The van der Waals surface area contributed by atoms with E-state index in [2.05, 4.69) is 5.32 Å². The van der Waals surface area contributed by atoms with Gasteiger partial charge in [-0.3, -0.25) is 4.79 Å². The van der Waals surface area contributed by atoms with Crippen molar-refractivity contribution in [2.75, 3.05) is 6.54 Å². The summed E-state index contributed by atoms with van der Waals surface area (Å²) < 4.78 is 0. The van der Waals surface area contributed by atoms with E-state index in [4.69, 9.17) is 0 Å². The van der Waals surface area contributed by atoms with E-state index in [1.54, 1.807) is 0 Å². The Balaban J connectivity index is 1.79. The monoisotopic (exact) mass is 231 g/mol. The van der Waals surface area contributed by atoms with E-state index in [0.717, 1.165) is 11.4 Å². The fraction of sp³-hybridized carbons (Fsp3) is 0.154. The number of Topliss-reactive ketones (excluding diaryl/α,β-unsaturated/α-hetero) is 1. The Hall–Kier alpha value is -1.45. The molecule has 0 bridgehead atoms. The van der Waals surface area contributed by atoms with E-state index < -0.39 is 0 Å². The van der Waals surface area contributed by atoms with E-state index >= 15 is 0 Å². The molecular formula is C13H13NOS. The third kappa shape index (κ3) is 3.02. The van der Waals surface area contributed by atoms with Gasteiger partial charge in [-0.05, 0) is 17.0 Å². The number of carbonyl (C=O) groups excluding carboxylic acids is 1. The van der Waals surface area contributed by atoms with E-state index in [0.29, 0.717) is 6.54 Å². The lowest BCUT2D eigenvalue weighted by atomic mass is 10.2. The minimum Gasteiger partial charge on any atom is -0.306 e. The van der Waals surface area contributed by atoms with Gasteiger partial charge in [0, 0.05) is 6.54 Å². The molecule has 3 heteroatoms. The number of ketones is 1. The zero-order valence-electron chi connectivity index (χ0n) is 8.85. The number of hydrogen-bond acceptors (Lipinski definition) is 3. The number of nitrogens with one attached hydrogen (secondary N) is 1. The maximum atomic E-state index is 11.6. The van der Waals surface area contributed by atoms with Crippen LogP contribution in [-0.4, -0.2) is 12.3 Å². The first-order valence-corrected chi connectivity index (χ1v) is 6.05. The first-order valence-electron chi connectivity index (χ1n) is 5.17. The average molecular weight is 231 g/mol. The maximum Gasteiger partial charge on any atom is 0.186 e. The van der Waals surface area contributed by atoms with Crippen LogP contribution >= 0.6 is 11.3 Å². The predicted octanol–water partition coefficient (Wildman–Crippen LogP) is 2.72. The number of thiophene rings is 1. The Labute approximate surface area is 98.9 Å². The molecule has 1 heterocycles. The first kappa shape index (κ1) is 11.0. The van der Waals surface area contributed by atoms with Crippen LogP contribution in [0.15, 0.2) is 47.8 Å². The predicted molar refractivity (Wildman–Crippen MR) is 66.8 cm³/mol. The fourth-order valence-corrected chi connectivity index (χ4v) is 2.11. The summed E-state index contributed by atoms with van der Waals surface area (Å²) in [5, 5.41) is 5.07. The minimum atomic E-state index is 0.158. The molecule has 0 saturated heterocycles. The van der Waals surface area contributed by atoms with Crippen LogP contribution in [0.4, 0.5) is 0 Å². The number of benzene rings is 1. The van der Waals surface area contributed by atoms with Gasteiger partial charge in [0.1, 0.15) is 0 Å². The van der Waals surface area contributed by atoms with Crippen LogP contribution < -0.4 is 5.32 Å². The van der Waals surface area contributed by atoms with Crippen molar-refractivity contribution in [2.24, 2.45) is 0 Å². The maximum absolute atomic E-state index is 11.6. The topological polar surface area (TPSA) is 29.1 Å². The molecule has 0 aliphatic carbocycles. The van der Waals surface area contributed by atoms with E-state index in [-0.39, 0.29) is 5.78 Å². The summed E-state index contributed by atoms with van der Waals surface area (Å²) >= 11 is 1.49. The van der Waals surface area contributed by atoms with Crippen LogP contribution in [0.25, 0.3) is 0 Å². The third-order valence-electron chi connectivity index (χ3n) is 2.25. The molecule has 16 heavy (non-hydrogen) atoms. The van der Waals surface area contributed by atoms with Crippen molar-refractivity contribution in [3.63, 3.8) is 0 Å². The van der Waals surface area contributed by atoms with E-state index in [9.17, 15) is 4.79 Å². The first-order chi connectivity index (χ1) is 7.86. The molecule has 0 aliphatic rings. The van der Waals surface area contributed by atoms with Crippen LogP contribution in [0.1, 0.15) is 15.2 Å². The van der Waals surface area contributed by atoms with Crippen LogP contribution in [0, 0.1) is 0 Å². The third-order valence-corrected chi connectivity index (χ3v) is 3.16. The Bertz CT molecular complexity index is 436. The van der Waals surface area contributed by atoms with Crippen LogP contribution in [-0.2, 0) is 6.54 Å². The summed E-state index contributed by atoms with van der Waals surface area (Å²) in [4.78, 5) is 12.5. The molecule has 82 valence electrons. The van der Waals surface area contributed by atoms with Gasteiger partial charge in [0.15, 0.2) is 5.78 Å². The van der Waals surface area contributed by atoms with Gasteiger partial charge in [-0.15, -0.1) is 11.3 Å². The summed E-state index contributed by atoms with van der Waals surface area (Å²) in [6, 6.07) is 13.8. The molecule has 0 unspecified atom stereocenters. The number of carbonyl (C=O) groups is 1. The van der Waals surface area contributed by atoms with Gasteiger partial charge in [-0.1, -0.05) is 36.4 Å². The van der Waals surface area contributed by atoms with Crippen molar-refractivity contribution in [3.8, 4) is 0 Å². The molecule has 2 rings (SSSR count). The lowest BCUT2D eigenvalue weighted by Crippen LogP contribution is -2.21. The van der Waals surface area contributed by atoms with Gasteiger partial charge in [0.05, 0.1) is 11.4 Å². The van der Waals surface area contributed by atoms with Crippen molar-refractivity contribution >= 4 is 17.1 Å². The summed E-state index contributed by atoms with van der Waals surface area (Å²) in [6.07, 6.45) is 0. The Kier molecular flexibility index (Phi) is 3.86. The molecule has 1 aromatic heterocycles. The second-order valence-electron chi connectivity index (χ2n) is 3.49. The SMILES string of the molecule is O=C(CNCc1ccccc1)c1cccs1. The van der Waals surface area contributed by atoms with Crippen molar-refractivity contribution in [1.82, 2.24) is 5.32 Å². The summed E-state index contributed by atoms with van der Waals surface area (Å²) in [6.45, 7) is 1.13. The zero-order valence-corrected chi connectivity index (χ0v) is 9.67. The Morgan fingerprint density at radius 1 is 1.12 bits per heavy atom. The highest BCUT2D eigenvalue weighted by Crippen LogP contribution is 2.08. The van der Waals surface area contributed by atoms with Gasteiger partial charge < -0.3 is 5.32 Å². The highest BCUT2D eigenvalue weighted by molar-refractivity contribution is 7.12. The molecule has 0 amide bonds. The molecular weight excluding hydrogens is 218 g/mol. The van der Waals surface area contributed by atoms with Gasteiger partial charge >= 0.3 is 0 Å². The normalized spacial score (nSPS) is 10.2. The van der Waals surface area contributed by atoms with Crippen molar-refractivity contribution in [1.29, 1.82) is 0 Å². The van der Waals surface area contributed by atoms with Crippen LogP contribution in [0.2, 0.25) is 0 Å². The average Bonchev–Trinajstić information content (AvgIpc) is 2.84. The van der Waals surface area contributed by atoms with Gasteiger partial charge in [-0.25, -0.2) is 0 Å². The Morgan fingerprint density at radius 2 is 1.94 bits per heavy atom. The lowest BCUT2D eigenvalue weighted by molar-refractivity contribution is 0.0994. The Morgan fingerprint density at radius 3 is 2.62 bits per heavy atom. The molecule has 0 aliphatic heterocycles. The molecule has 2 aromatic rings. The van der Waals surface area contributed by atoms with E-state index in [1.807, 2.05) is 47.8 Å². The molecule has 0 fully saturated rings. The number of hydrogen-bond donors (Lipinski definition) is 1. The highest BCUT2D eigenvalue weighted by Gasteiger charge is 2.05. The molecule has 0 spiro atoms. The molecule has 1 aromatic carbocycles. The van der Waals surface area contributed by atoms with Crippen LogP contribution in [0.3, 0.4) is 0 Å². The largest absolute Gasteiger partial charge is 0.306 e. The van der Waals surface area contributed by atoms with Crippen molar-refractivity contribution in [2.45, 2.75) is 6.54 Å².